The van der Waals surface area contributed by atoms with Crippen molar-refractivity contribution >= 4 is 5.97 Å². The van der Waals surface area contributed by atoms with Crippen LogP contribution >= 0.6 is 0 Å². The molecule has 1 fully saturated rings. The zero-order valence-electron chi connectivity index (χ0n) is 14.4. The Bertz CT molecular complexity index is 349. The van der Waals surface area contributed by atoms with Crippen LogP contribution < -0.4 is 0 Å². The Labute approximate surface area is 129 Å². The fraction of sp³-hybridized carbons (Fsp3) is 0.941. The maximum Gasteiger partial charge on any atom is 0.307 e. The molecule has 1 aliphatic carbocycles. The summed E-state index contributed by atoms with van der Waals surface area (Å²) in [6, 6.07) is 0. The summed E-state index contributed by atoms with van der Waals surface area (Å²) >= 11 is 0. The predicted octanol–water partition coefficient (Wildman–Crippen LogP) is 3.66. The third kappa shape index (κ3) is 5.59. The van der Waals surface area contributed by atoms with E-state index in [9.17, 15) is 9.90 Å². The van der Waals surface area contributed by atoms with Crippen molar-refractivity contribution < 1.29 is 19.4 Å². The van der Waals surface area contributed by atoms with Gasteiger partial charge in [-0.2, -0.15) is 0 Å². The second-order valence-corrected chi connectivity index (χ2v) is 7.64. The number of aliphatic hydroxyl groups excluding tert-OH is 1. The Hall–Kier alpha value is -0.610. The predicted molar refractivity (Wildman–Crippen MR) is 82.8 cm³/mol. The summed E-state index contributed by atoms with van der Waals surface area (Å²) in [7, 11) is 0. The van der Waals surface area contributed by atoms with E-state index < -0.39 is 17.9 Å². The molecule has 1 rings (SSSR count). The topological polar surface area (TPSA) is 55.8 Å². The van der Waals surface area contributed by atoms with Gasteiger partial charge in [-0.1, -0.05) is 27.2 Å². The molecule has 3 unspecified atom stereocenters. The van der Waals surface area contributed by atoms with Crippen LogP contribution in [-0.2, 0) is 14.3 Å². The maximum atomic E-state index is 11.3. The van der Waals surface area contributed by atoms with Crippen LogP contribution in [0.5, 0.6) is 0 Å². The van der Waals surface area contributed by atoms with Gasteiger partial charge in [-0.05, 0) is 51.4 Å². The van der Waals surface area contributed by atoms with Crippen LogP contribution in [0.25, 0.3) is 0 Å². The summed E-state index contributed by atoms with van der Waals surface area (Å²) in [4.78, 5) is 11.3. The summed E-state index contributed by atoms with van der Waals surface area (Å²) in [6.45, 7) is 11.9. The van der Waals surface area contributed by atoms with Crippen molar-refractivity contribution in [2.45, 2.75) is 91.6 Å². The molecule has 0 saturated heterocycles. The molecule has 1 N–H and O–H groups in total. The lowest BCUT2D eigenvalue weighted by Gasteiger charge is -2.41. The van der Waals surface area contributed by atoms with Gasteiger partial charge >= 0.3 is 5.97 Å². The highest BCUT2D eigenvalue weighted by atomic mass is 16.7. The van der Waals surface area contributed by atoms with E-state index in [1.165, 1.54) is 12.8 Å². The fourth-order valence-electron chi connectivity index (χ4n) is 3.14. The minimum Gasteiger partial charge on any atom is -0.433 e. The van der Waals surface area contributed by atoms with Gasteiger partial charge in [0.1, 0.15) is 5.60 Å². The summed E-state index contributed by atoms with van der Waals surface area (Å²) in [5, 5.41) is 10.1. The van der Waals surface area contributed by atoms with Crippen molar-refractivity contribution in [2.75, 3.05) is 0 Å². The van der Waals surface area contributed by atoms with Gasteiger partial charge in [0.05, 0.1) is 6.10 Å². The number of ether oxygens (including phenoxy) is 2. The summed E-state index contributed by atoms with van der Waals surface area (Å²) in [6.07, 6.45) is 3.83. The SMILES string of the molecule is CCC(=O)OC(O)C(C)(C)OC(C)C1CCCC(C)(C)C1. The number of carbonyl (C=O) groups excluding carboxylic acids is 1. The fourth-order valence-corrected chi connectivity index (χ4v) is 3.14. The monoisotopic (exact) mass is 300 g/mol. The molecule has 0 amide bonds. The van der Waals surface area contributed by atoms with Crippen LogP contribution in [0.15, 0.2) is 0 Å². The van der Waals surface area contributed by atoms with E-state index >= 15 is 0 Å². The number of hydrogen-bond acceptors (Lipinski definition) is 4. The Balaban J connectivity index is 2.59. The van der Waals surface area contributed by atoms with Crippen molar-refractivity contribution in [1.82, 2.24) is 0 Å². The van der Waals surface area contributed by atoms with E-state index in [1.807, 2.05) is 0 Å². The third-order valence-corrected chi connectivity index (χ3v) is 4.52. The van der Waals surface area contributed by atoms with Crippen molar-refractivity contribution in [1.29, 1.82) is 0 Å². The molecule has 0 spiro atoms. The van der Waals surface area contributed by atoms with Gasteiger partial charge < -0.3 is 14.6 Å². The molecule has 4 heteroatoms. The minimum atomic E-state index is -1.23. The molecule has 4 nitrogen and oxygen atoms in total. The highest BCUT2D eigenvalue weighted by Crippen LogP contribution is 2.41. The van der Waals surface area contributed by atoms with E-state index in [0.29, 0.717) is 11.3 Å². The van der Waals surface area contributed by atoms with Gasteiger partial charge in [-0.25, -0.2) is 0 Å². The Morgan fingerprint density at radius 3 is 2.57 bits per heavy atom. The Morgan fingerprint density at radius 2 is 2.05 bits per heavy atom. The van der Waals surface area contributed by atoms with Crippen molar-refractivity contribution in [3.63, 3.8) is 0 Å². The average Bonchev–Trinajstić information content (AvgIpc) is 2.36. The van der Waals surface area contributed by atoms with Gasteiger partial charge in [0, 0.05) is 6.42 Å². The quantitative estimate of drug-likeness (QED) is 0.601. The van der Waals surface area contributed by atoms with Crippen LogP contribution in [0.4, 0.5) is 0 Å². The molecular formula is C17H32O4. The first-order valence-electron chi connectivity index (χ1n) is 8.13. The van der Waals surface area contributed by atoms with Crippen LogP contribution in [0.3, 0.4) is 0 Å². The zero-order chi connectivity index (χ0) is 16.3. The molecule has 0 heterocycles. The Morgan fingerprint density at radius 1 is 1.43 bits per heavy atom. The van der Waals surface area contributed by atoms with Gasteiger partial charge in [0.15, 0.2) is 0 Å². The largest absolute Gasteiger partial charge is 0.433 e. The second-order valence-electron chi connectivity index (χ2n) is 7.64. The van der Waals surface area contributed by atoms with Crippen LogP contribution in [0, 0.1) is 11.3 Å². The molecule has 21 heavy (non-hydrogen) atoms. The average molecular weight is 300 g/mol. The number of rotatable bonds is 6. The highest BCUT2D eigenvalue weighted by Gasteiger charge is 2.38. The number of aliphatic hydroxyl groups is 1. The summed E-state index contributed by atoms with van der Waals surface area (Å²) in [5.41, 5.74) is -0.538. The van der Waals surface area contributed by atoms with Crippen LogP contribution in [-0.4, -0.2) is 29.1 Å². The van der Waals surface area contributed by atoms with E-state index in [-0.39, 0.29) is 12.5 Å². The van der Waals surface area contributed by atoms with Gasteiger partial charge in [-0.15, -0.1) is 0 Å². The first-order valence-corrected chi connectivity index (χ1v) is 8.13. The lowest BCUT2D eigenvalue weighted by molar-refractivity contribution is -0.235. The first-order chi connectivity index (χ1) is 9.57. The van der Waals surface area contributed by atoms with E-state index in [1.54, 1.807) is 20.8 Å². The smallest absolute Gasteiger partial charge is 0.307 e. The number of hydrogen-bond donors (Lipinski definition) is 1. The third-order valence-electron chi connectivity index (χ3n) is 4.52. The molecule has 1 saturated carbocycles. The van der Waals surface area contributed by atoms with E-state index in [4.69, 9.17) is 9.47 Å². The zero-order valence-corrected chi connectivity index (χ0v) is 14.4. The number of esters is 1. The molecule has 124 valence electrons. The van der Waals surface area contributed by atoms with Crippen LogP contribution in [0.2, 0.25) is 0 Å². The van der Waals surface area contributed by atoms with E-state index in [0.717, 1.165) is 12.8 Å². The van der Waals surface area contributed by atoms with Gasteiger partial charge in [-0.3, -0.25) is 4.79 Å². The standard InChI is InChI=1S/C17H32O4/c1-7-14(18)20-15(19)17(5,6)21-12(2)13-9-8-10-16(3,4)11-13/h12-13,15,19H,7-11H2,1-6H3. The van der Waals surface area contributed by atoms with Crippen molar-refractivity contribution in [3.05, 3.63) is 0 Å². The molecular weight excluding hydrogens is 268 g/mol. The molecule has 0 aromatic heterocycles. The van der Waals surface area contributed by atoms with E-state index in [2.05, 4.69) is 20.8 Å². The minimum absolute atomic E-state index is 0.0366. The van der Waals surface area contributed by atoms with Gasteiger partial charge in [0.2, 0.25) is 6.29 Å². The lowest BCUT2D eigenvalue weighted by Crippen LogP contribution is -2.46. The number of carbonyl (C=O) groups is 1. The Kier molecular flexibility index (Phi) is 6.23. The summed E-state index contributed by atoms with van der Waals surface area (Å²) < 4.78 is 11.0. The molecule has 0 aromatic rings. The highest BCUT2D eigenvalue weighted by molar-refractivity contribution is 5.69. The molecule has 0 radical (unpaired) electrons. The first kappa shape index (κ1) is 18.4. The maximum absolute atomic E-state index is 11.3. The molecule has 0 bridgehead atoms. The van der Waals surface area contributed by atoms with Crippen molar-refractivity contribution in [2.24, 2.45) is 11.3 Å². The van der Waals surface area contributed by atoms with Crippen molar-refractivity contribution in [3.8, 4) is 0 Å². The second kappa shape index (κ2) is 7.10. The molecule has 0 aromatic carbocycles. The van der Waals surface area contributed by atoms with Gasteiger partial charge in [0.25, 0.3) is 0 Å². The summed E-state index contributed by atoms with van der Waals surface area (Å²) in [5.74, 6) is 0.0766. The molecule has 3 atom stereocenters. The molecule has 0 aliphatic heterocycles. The van der Waals surface area contributed by atoms with Crippen LogP contribution in [0.1, 0.15) is 73.6 Å². The molecule has 1 aliphatic rings. The lowest BCUT2D eigenvalue weighted by atomic mass is 9.70. The normalized spacial score (nSPS) is 25.2.